The van der Waals surface area contributed by atoms with Crippen LogP contribution in [0.4, 0.5) is 11.4 Å². The van der Waals surface area contributed by atoms with Gasteiger partial charge in [0.1, 0.15) is 0 Å². The molecular weight excluding hydrogens is 288 g/mol. The van der Waals surface area contributed by atoms with Crippen molar-refractivity contribution in [3.63, 3.8) is 0 Å². The molecule has 0 bridgehead atoms. The van der Waals surface area contributed by atoms with E-state index in [0.29, 0.717) is 5.56 Å². The number of carbonyl (C=O) groups is 2. The molecule has 2 aromatic rings. The molecule has 2 rings (SSSR count). The van der Waals surface area contributed by atoms with Crippen molar-refractivity contribution in [2.24, 2.45) is 0 Å². The van der Waals surface area contributed by atoms with E-state index in [-0.39, 0.29) is 24.5 Å². The summed E-state index contributed by atoms with van der Waals surface area (Å²) >= 11 is 0. The van der Waals surface area contributed by atoms with Crippen LogP contribution < -0.4 is 10.2 Å². The second kappa shape index (κ2) is 7.58. The van der Waals surface area contributed by atoms with Gasteiger partial charge in [-0.25, -0.2) is 0 Å². The average molecular weight is 310 g/mol. The Morgan fingerprint density at radius 3 is 2.35 bits per heavy atom. The molecule has 0 saturated heterocycles. The minimum absolute atomic E-state index is 0.0119. The first kappa shape index (κ1) is 16.7. The molecule has 0 saturated carbocycles. The molecule has 0 fully saturated rings. The number of amides is 1. The van der Waals surface area contributed by atoms with E-state index in [4.69, 9.17) is 0 Å². The molecule has 0 spiro atoms. The number of anilines is 2. The van der Waals surface area contributed by atoms with Crippen molar-refractivity contribution >= 4 is 23.1 Å². The van der Waals surface area contributed by atoms with Gasteiger partial charge in [0.2, 0.25) is 5.91 Å². The van der Waals surface area contributed by atoms with Crippen molar-refractivity contribution in [2.75, 3.05) is 24.3 Å². The molecule has 0 aliphatic heterocycles. The number of nitrogens with zero attached hydrogens (tertiary/aromatic N) is 1. The molecule has 0 aromatic heterocycles. The number of carbonyl (C=O) groups excluding carboxylic acids is 2. The summed E-state index contributed by atoms with van der Waals surface area (Å²) in [6.45, 7) is 1.98. The van der Waals surface area contributed by atoms with Gasteiger partial charge < -0.3 is 10.2 Å². The summed E-state index contributed by atoms with van der Waals surface area (Å²) in [6, 6.07) is 15.0. The van der Waals surface area contributed by atoms with E-state index < -0.39 is 0 Å². The van der Waals surface area contributed by atoms with Crippen molar-refractivity contribution in [3.05, 3.63) is 59.7 Å². The molecule has 2 aromatic carbocycles. The highest BCUT2D eigenvalue weighted by molar-refractivity contribution is 6.00. The van der Waals surface area contributed by atoms with E-state index in [2.05, 4.69) is 5.32 Å². The van der Waals surface area contributed by atoms with Crippen LogP contribution in [0, 0.1) is 6.92 Å². The Balaban J connectivity index is 1.89. The molecule has 0 radical (unpaired) electrons. The molecule has 1 amide bonds. The van der Waals surface area contributed by atoms with Crippen LogP contribution in [0.5, 0.6) is 0 Å². The third-order valence-corrected chi connectivity index (χ3v) is 3.60. The van der Waals surface area contributed by atoms with Gasteiger partial charge in [0.05, 0.1) is 0 Å². The van der Waals surface area contributed by atoms with Gasteiger partial charge in [-0.1, -0.05) is 35.9 Å². The smallest absolute Gasteiger partial charge is 0.224 e. The summed E-state index contributed by atoms with van der Waals surface area (Å²) in [5.41, 5.74) is 3.51. The highest BCUT2D eigenvalue weighted by Crippen LogP contribution is 2.17. The summed E-state index contributed by atoms with van der Waals surface area (Å²) in [5.74, 6) is -0.163. The minimum atomic E-state index is -0.152. The molecule has 120 valence electrons. The maximum Gasteiger partial charge on any atom is 0.224 e. The summed E-state index contributed by atoms with van der Waals surface area (Å²) in [5, 5.41) is 2.84. The molecule has 0 aliphatic rings. The van der Waals surface area contributed by atoms with Gasteiger partial charge in [-0.2, -0.15) is 0 Å². The van der Waals surface area contributed by atoms with E-state index >= 15 is 0 Å². The van der Waals surface area contributed by atoms with Gasteiger partial charge in [0.15, 0.2) is 5.78 Å². The van der Waals surface area contributed by atoms with Crippen LogP contribution in [0.15, 0.2) is 48.5 Å². The monoisotopic (exact) mass is 310 g/mol. The Bertz CT molecular complexity index is 691. The fourth-order valence-electron chi connectivity index (χ4n) is 2.20. The molecule has 4 nitrogen and oxygen atoms in total. The lowest BCUT2D eigenvalue weighted by Gasteiger charge is -2.14. The average Bonchev–Trinajstić information content (AvgIpc) is 2.53. The molecule has 0 aliphatic carbocycles. The fraction of sp³-hybridized carbons (Fsp3) is 0.263. The molecule has 0 heterocycles. The van der Waals surface area contributed by atoms with Gasteiger partial charge in [0.25, 0.3) is 0 Å². The SMILES string of the molecule is Cc1ccc(C(=O)CCC(=O)Nc2cccc(N(C)C)c2)cc1. The Morgan fingerprint density at radius 1 is 1.00 bits per heavy atom. The first-order valence-corrected chi connectivity index (χ1v) is 7.63. The van der Waals surface area contributed by atoms with E-state index in [1.54, 1.807) is 12.1 Å². The van der Waals surface area contributed by atoms with Crippen molar-refractivity contribution in [3.8, 4) is 0 Å². The van der Waals surface area contributed by atoms with Crippen LogP contribution in [0.1, 0.15) is 28.8 Å². The van der Waals surface area contributed by atoms with Crippen molar-refractivity contribution in [1.82, 2.24) is 0 Å². The highest BCUT2D eigenvalue weighted by Gasteiger charge is 2.10. The van der Waals surface area contributed by atoms with Crippen LogP contribution in [0.2, 0.25) is 0 Å². The highest BCUT2D eigenvalue weighted by atomic mass is 16.2. The minimum Gasteiger partial charge on any atom is -0.378 e. The van der Waals surface area contributed by atoms with Gasteiger partial charge in [0, 0.05) is 43.9 Å². The number of aryl methyl sites for hydroxylation is 1. The Labute approximate surface area is 137 Å². The maximum atomic E-state index is 12.1. The summed E-state index contributed by atoms with van der Waals surface area (Å²) in [4.78, 5) is 26.0. The number of rotatable bonds is 6. The van der Waals surface area contributed by atoms with Gasteiger partial charge in [-0.15, -0.1) is 0 Å². The van der Waals surface area contributed by atoms with E-state index in [1.807, 2.05) is 62.3 Å². The molecule has 1 N–H and O–H groups in total. The number of hydrogen-bond donors (Lipinski definition) is 1. The van der Waals surface area contributed by atoms with E-state index in [0.717, 1.165) is 16.9 Å². The number of nitrogens with one attached hydrogen (secondary N) is 1. The van der Waals surface area contributed by atoms with Crippen LogP contribution in [-0.4, -0.2) is 25.8 Å². The number of Topliss-reactive ketones (excluding diaryl/α,β-unsaturated/α-hetero) is 1. The van der Waals surface area contributed by atoms with Gasteiger partial charge in [-0.3, -0.25) is 9.59 Å². The molecule has 23 heavy (non-hydrogen) atoms. The first-order chi connectivity index (χ1) is 11.0. The van der Waals surface area contributed by atoms with Crippen LogP contribution in [0.25, 0.3) is 0 Å². The molecular formula is C19H22N2O2. The Hall–Kier alpha value is -2.62. The zero-order valence-electron chi connectivity index (χ0n) is 13.8. The molecule has 0 atom stereocenters. The predicted molar refractivity (Wildman–Crippen MR) is 94.1 cm³/mol. The van der Waals surface area contributed by atoms with Gasteiger partial charge in [-0.05, 0) is 25.1 Å². The molecule has 0 unspecified atom stereocenters. The van der Waals surface area contributed by atoms with Crippen LogP contribution in [-0.2, 0) is 4.79 Å². The predicted octanol–water partition coefficient (Wildman–Crippen LogP) is 3.66. The lowest BCUT2D eigenvalue weighted by Crippen LogP contribution is -2.14. The first-order valence-electron chi connectivity index (χ1n) is 7.63. The fourth-order valence-corrected chi connectivity index (χ4v) is 2.20. The zero-order valence-corrected chi connectivity index (χ0v) is 13.8. The second-order valence-electron chi connectivity index (χ2n) is 5.78. The Kier molecular flexibility index (Phi) is 5.52. The number of ketones is 1. The van der Waals surface area contributed by atoms with E-state index in [9.17, 15) is 9.59 Å². The van der Waals surface area contributed by atoms with E-state index in [1.165, 1.54) is 0 Å². The topological polar surface area (TPSA) is 49.4 Å². The zero-order chi connectivity index (χ0) is 16.8. The van der Waals surface area contributed by atoms with Crippen molar-refractivity contribution < 1.29 is 9.59 Å². The van der Waals surface area contributed by atoms with Crippen molar-refractivity contribution in [2.45, 2.75) is 19.8 Å². The number of benzene rings is 2. The Morgan fingerprint density at radius 2 is 1.70 bits per heavy atom. The quantitative estimate of drug-likeness (QED) is 0.828. The van der Waals surface area contributed by atoms with Crippen LogP contribution in [0.3, 0.4) is 0 Å². The summed E-state index contributed by atoms with van der Waals surface area (Å²) < 4.78 is 0. The standard InChI is InChI=1S/C19H22N2O2/c1-14-7-9-15(10-8-14)18(22)11-12-19(23)20-16-5-4-6-17(13-16)21(2)3/h4-10,13H,11-12H2,1-3H3,(H,20,23). The normalized spacial score (nSPS) is 10.2. The van der Waals surface area contributed by atoms with Crippen LogP contribution >= 0.6 is 0 Å². The largest absolute Gasteiger partial charge is 0.378 e. The van der Waals surface area contributed by atoms with Gasteiger partial charge >= 0.3 is 0 Å². The summed E-state index contributed by atoms with van der Waals surface area (Å²) in [7, 11) is 3.89. The number of hydrogen-bond acceptors (Lipinski definition) is 3. The third kappa shape index (κ3) is 4.95. The maximum absolute atomic E-state index is 12.1. The second-order valence-corrected chi connectivity index (χ2v) is 5.78. The lowest BCUT2D eigenvalue weighted by atomic mass is 10.0. The lowest BCUT2D eigenvalue weighted by molar-refractivity contribution is -0.116. The summed E-state index contributed by atoms with van der Waals surface area (Å²) in [6.07, 6.45) is 0.390. The van der Waals surface area contributed by atoms with Crippen molar-refractivity contribution in [1.29, 1.82) is 0 Å². The molecule has 4 heteroatoms. The third-order valence-electron chi connectivity index (χ3n) is 3.60.